The molecule has 3 heteroatoms. The van der Waals surface area contributed by atoms with Crippen molar-refractivity contribution in [2.45, 2.75) is 32.7 Å². The molecule has 1 atom stereocenters. The van der Waals surface area contributed by atoms with Gasteiger partial charge in [0.15, 0.2) is 0 Å². The SMILES string of the molecule is CCC(C)c1ccc(Oc2cc(F)cc(CNC)c2)cc1. The molecule has 0 aliphatic carbocycles. The molecule has 0 amide bonds. The van der Waals surface area contributed by atoms with Gasteiger partial charge in [0.25, 0.3) is 0 Å². The van der Waals surface area contributed by atoms with Gasteiger partial charge >= 0.3 is 0 Å². The molecule has 2 rings (SSSR count). The predicted octanol–water partition coefficient (Wildman–Crippen LogP) is 4.85. The molecule has 0 saturated carbocycles. The van der Waals surface area contributed by atoms with Crippen molar-refractivity contribution >= 4 is 0 Å². The van der Waals surface area contributed by atoms with Gasteiger partial charge in [0.1, 0.15) is 17.3 Å². The minimum Gasteiger partial charge on any atom is -0.457 e. The first-order chi connectivity index (χ1) is 10.1. The molecule has 0 radical (unpaired) electrons. The lowest BCUT2D eigenvalue weighted by Crippen LogP contribution is -2.05. The summed E-state index contributed by atoms with van der Waals surface area (Å²) in [7, 11) is 1.83. The van der Waals surface area contributed by atoms with Gasteiger partial charge in [0.05, 0.1) is 0 Å². The van der Waals surface area contributed by atoms with Crippen LogP contribution in [0.15, 0.2) is 42.5 Å². The van der Waals surface area contributed by atoms with Crippen molar-refractivity contribution in [3.63, 3.8) is 0 Å². The van der Waals surface area contributed by atoms with E-state index in [0.717, 1.165) is 17.7 Å². The van der Waals surface area contributed by atoms with E-state index < -0.39 is 0 Å². The van der Waals surface area contributed by atoms with Gasteiger partial charge in [-0.2, -0.15) is 0 Å². The van der Waals surface area contributed by atoms with Crippen LogP contribution in [0, 0.1) is 5.82 Å². The van der Waals surface area contributed by atoms with Crippen molar-refractivity contribution in [2.75, 3.05) is 7.05 Å². The molecule has 0 aliphatic heterocycles. The Morgan fingerprint density at radius 2 is 1.81 bits per heavy atom. The fourth-order valence-corrected chi connectivity index (χ4v) is 2.22. The molecule has 112 valence electrons. The van der Waals surface area contributed by atoms with E-state index in [1.807, 2.05) is 25.2 Å². The number of ether oxygens (including phenoxy) is 1. The summed E-state index contributed by atoms with van der Waals surface area (Å²) in [6.07, 6.45) is 1.11. The van der Waals surface area contributed by atoms with Crippen LogP contribution in [0.2, 0.25) is 0 Å². The Labute approximate surface area is 126 Å². The summed E-state index contributed by atoms with van der Waals surface area (Å²) in [5.74, 6) is 1.50. The maximum atomic E-state index is 13.6. The monoisotopic (exact) mass is 287 g/mol. The van der Waals surface area contributed by atoms with Crippen molar-refractivity contribution < 1.29 is 9.13 Å². The Morgan fingerprint density at radius 3 is 2.43 bits per heavy atom. The average molecular weight is 287 g/mol. The van der Waals surface area contributed by atoms with Crippen LogP contribution in [0.5, 0.6) is 11.5 Å². The lowest BCUT2D eigenvalue weighted by Gasteiger charge is -2.11. The molecule has 1 N–H and O–H groups in total. The standard InChI is InChI=1S/C18H22FNO/c1-4-13(2)15-5-7-17(8-6-15)21-18-10-14(12-20-3)9-16(19)11-18/h5-11,13,20H,4,12H2,1-3H3. The van der Waals surface area contributed by atoms with Crippen molar-refractivity contribution in [1.29, 1.82) is 0 Å². The van der Waals surface area contributed by atoms with E-state index in [-0.39, 0.29) is 5.82 Å². The molecule has 0 aromatic heterocycles. The summed E-state index contributed by atoms with van der Waals surface area (Å²) in [6, 6.07) is 12.8. The van der Waals surface area contributed by atoms with Gasteiger partial charge in [-0.25, -0.2) is 4.39 Å². The maximum absolute atomic E-state index is 13.6. The van der Waals surface area contributed by atoms with E-state index in [0.29, 0.717) is 18.2 Å². The van der Waals surface area contributed by atoms with Crippen LogP contribution in [0.1, 0.15) is 37.3 Å². The van der Waals surface area contributed by atoms with E-state index in [1.165, 1.54) is 17.7 Å². The first kappa shape index (κ1) is 15.5. The van der Waals surface area contributed by atoms with E-state index in [2.05, 4.69) is 31.3 Å². The van der Waals surface area contributed by atoms with E-state index in [4.69, 9.17) is 4.74 Å². The third kappa shape index (κ3) is 4.30. The molecule has 0 saturated heterocycles. The molecule has 0 bridgehead atoms. The summed E-state index contributed by atoms with van der Waals surface area (Å²) >= 11 is 0. The second kappa shape index (κ2) is 7.23. The smallest absolute Gasteiger partial charge is 0.130 e. The zero-order valence-corrected chi connectivity index (χ0v) is 12.8. The number of halogens is 1. The number of hydrogen-bond acceptors (Lipinski definition) is 2. The van der Waals surface area contributed by atoms with Crippen molar-refractivity contribution in [3.05, 3.63) is 59.4 Å². The molecule has 0 spiro atoms. The number of hydrogen-bond donors (Lipinski definition) is 1. The molecule has 2 nitrogen and oxygen atoms in total. The maximum Gasteiger partial charge on any atom is 0.130 e. The summed E-state index contributed by atoms with van der Waals surface area (Å²) in [5, 5.41) is 3.01. The van der Waals surface area contributed by atoms with Gasteiger partial charge in [-0.1, -0.05) is 26.0 Å². The van der Waals surface area contributed by atoms with Crippen LogP contribution in [0.25, 0.3) is 0 Å². The van der Waals surface area contributed by atoms with Crippen LogP contribution in [-0.4, -0.2) is 7.05 Å². The fourth-order valence-electron chi connectivity index (χ4n) is 2.22. The van der Waals surface area contributed by atoms with Crippen LogP contribution in [0.4, 0.5) is 4.39 Å². The van der Waals surface area contributed by atoms with Crippen LogP contribution in [-0.2, 0) is 6.54 Å². The molecular formula is C18H22FNO. The van der Waals surface area contributed by atoms with Crippen molar-refractivity contribution in [3.8, 4) is 11.5 Å². The van der Waals surface area contributed by atoms with Crippen molar-refractivity contribution in [1.82, 2.24) is 5.32 Å². The number of benzene rings is 2. The molecule has 2 aromatic rings. The second-order valence-electron chi connectivity index (χ2n) is 5.31. The number of rotatable bonds is 6. The molecule has 0 fully saturated rings. The van der Waals surface area contributed by atoms with E-state index in [1.54, 1.807) is 0 Å². The molecule has 0 aliphatic rings. The van der Waals surface area contributed by atoms with Crippen molar-refractivity contribution in [2.24, 2.45) is 0 Å². The van der Waals surface area contributed by atoms with Crippen LogP contribution in [0.3, 0.4) is 0 Å². The van der Waals surface area contributed by atoms with E-state index in [9.17, 15) is 4.39 Å². The third-order valence-electron chi connectivity index (χ3n) is 3.61. The normalized spacial score (nSPS) is 12.2. The van der Waals surface area contributed by atoms with Crippen LogP contribution < -0.4 is 10.1 Å². The minimum absolute atomic E-state index is 0.283. The largest absolute Gasteiger partial charge is 0.457 e. The Kier molecular flexibility index (Phi) is 5.34. The van der Waals surface area contributed by atoms with Gasteiger partial charge in [0, 0.05) is 12.6 Å². The lowest BCUT2D eigenvalue weighted by molar-refractivity contribution is 0.475. The highest BCUT2D eigenvalue weighted by atomic mass is 19.1. The highest BCUT2D eigenvalue weighted by Gasteiger charge is 2.05. The average Bonchev–Trinajstić information content (AvgIpc) is 2.47. The van der Waals surface area contributed by atoms with Gasteiger partial charge in [-0.05, 0) is 54.8 Å². The summed E-state index contributed by atoms with van der Waals surface area (Å²) in [6.45, 7) is 4.98. The Bertz CT molecular complexity index is 580. The zero-order chi connectivity index (χ0) is 15.2. The molecular weight excluding hydrogens is 265 g/mol. The lowest BCUT2D eigenvalue weighted by atomic mass is 9.99. The molecule has 2 aromatic carbocycles. The summed E-state index contributed by atoms with van der Waals surface area (Å²) < 4.78 is 19.3. The fraction of sp³-hybridized carbons (Fsp3) is 0.333. The van der Waals surface area contributed by atoms with Gasteiger partial charge in [0.2, 0.25) is 0 Å². The Morgan fingerprint density at radius 1 is 1.10 bits per heavy atom. The predicted molar refractivity (Wildman–Crippen MR) is 84.4 cm³/mol. The highest BCUT2D eigenvalue weighted by Crippen LogP contribution is 2.26. The first-order valence-corrected chi connectivity index (χ1v) is 7.34. The van der Waals surface area contributed by atoms with Gasteiger partial charge in [-0.15, -0.1) is 0 Å². The van der Waals surface area contributed by atoms with E-state index >= 15 is 0 Å². The molecule has 1 unspecified atom stereocenters. The quantitative estimate of drug-likeness (QED) is 0.820. The minimum atomic E-state index is -0.283. The number of nitrogens with one attached hydrogen (secondary N) is 1. The zero-order valence-electron chi connectivity index (χ0n) is 12.8. The Balaban J connectivity index is 2.14. The summed E-state index contributed by atoms with van der Waals surface area (Å²) in [5.41, 5.74) is 2.16. The molecule has 21 heavy (non-hydrogen) atoms. The summed E-state index contributed by atoms with van der Waals surface area (Å²) in [4.78, 5) is 0. The third-order valence-corrected chi connectivity index (χ3v) is 3.61. The molecule has 0 heterocycles. The van der Waals surface area contributed by atoms with Crippen LogP contribution >= 0.6 is 0 Å². The highest BCUT2D eigenvalue weighted by molar-refractivity contribution is 5.36. The topological polar surface area (TPSA) is 21.3 Å². The Hall–Kier alpha value is -1.87. The van der Waals surface area contributed by atoms with Gasteiger partial charge in [-0.3, -0.25) is 0 Å². The van der Waals surface area contributed by atoms with Gasteiger partial charge < -0.3 is 10.1 Å². The second-order valence-corrected chi connectivity index (χ2v) is 5.31. The first-order valence-electron chi connectivity index (χ1n) is 7.34.